The van der Waals surface area contributed by atoms with Crippen LogP contribution in [0.2, 0.25) is 0 Å². The molecule has 2 rings (SSSR count). The molecule has 0 radical (unpaired) electrons. The fourth-order valence-corrected chi connectivity index (χ4v) is 1.75. The Morgan fingerprint density at radius 3 is 3.06 bits per heavy atom. The summed E-state index contributed by atoms with van der Waals surface area (Å²) in [5.74, 6) is 0. The highest BCUT2D eigenvalue weighted by atomic mass is 14.8. The molecule has 1 aromatic heterocycles. The number of nitrogens with one attached hydrogen (secondary N) is 1. The van der Waals surface area contributed by atoms with E-state index in [4.69, 9.17) is 0 Å². The summed E-state index contributed by atoms with van der Waals surface area (Å²) in [5, 5.41) is 5.84. The quantitative estimate of drug-likeness (QED) is 0.788. The maximum absolute atomic E-state index is 4.13. The minimum atomic E-state index is 0.863. The molecule has 0 aliphatic heterocycles. The van der Waals surface area contributed by atoms with E-state index in [-0.39, 0.29) is 0 Å². The molecular weight excluding hydrogens is 196 g/mol. The average Bonchev–Trinajstić information content (AvgIpc) is 2.29. The lowest BCUT2D eigenvalue weighted by Crippen LogP contribution is -2.15. The van der Waals surface area contributed by atoms with Crippen molar-refractivity contribution in [3.63, 3.8) is 0 Å². The zero-order valence-electron chi connectivity index (χ0n) is 9.53. The van der Waals surface area contributed by atoms with E-state index in [0.717, 1.165) is 18.7 Å². The van der Waals surface area contributed by atoms with Gasteiger partial charge in [-0.2, -0.15) is 0 Å². The first kappa shape index (κ1) is 10.8. The molecule has 0 amide bonds. The van der Waals surface area contributed by atoms with Crippen molar-refractivity contribution in [1.82, 2.24) is 10.3 Å². The number of rotatable bonds is 4. The highest BCUT2D eigenvalue weighted by Crippen LogP contribution is 2.16. The Hall–Kier alpha value is -1.67. The predicted molar refractivity (Wildman–Crippen MR) is 68.3 cm³/mol. The standard InChI is InChI=1S/C14H16N2/c1-11(2)8-16-10-13-5-3-4-12-9-15-7-6-14(12)13/h3-7,9,16H,1,8,10H2,2H3. The van der Waals surface area contributed by atoms with Gasteiger partial charge in [0.15, 0.2) is 0 Å². The Balaban J connectivity index is 2.20. The number of aromatic nitrogens is 1. The maximum Gasteiger partial charge on any atom is 0.0346 e. The Morgan fingerprint density at radius 2 is 2.25 bits per heavy atom. The molecule has 0 atom stereocenters. The van der Waals surface area contributed by atoms with Crippen molar-refractivity contribution >= 4 is 10.8 Å². The summed E-state index contributed by atoms with van der Waals surface area (Å²) in [5.41, 5.74) is 2.46. The number of benzene rings is 1. The maximum atomic E-state index is 4.13. The van der Waals surface area contributed by atoms with E-state index < -0.39 is 0 Å². The van der Waals surface area contributed by atoms with E-state index in [1.54, 1.807) is 0 Å². The fraction of sp³-hybridized carbons (Fsp3) is 0.214. The summed E-state index contributed by atoms with van der Waals surface area (Å²) in [6, 6.07) is 8.37. The van der Waals surface area contributed by atoms with Crippen LogP contribution in [0.15, 0.2) is 48.8 Å². The zero-order valence-corrected chi connectivity index (χ0v) is 9.53. The van der Waals surface area contributed by atoms with Gasteiger partial charge in [-0.25, -0.2) is 0 Å². The van der Waals surface area contributed by atoms with E-state index in [1.165, 1.54) is 16.3 Å². The number of hydrogen-bond donors (Lipinski definition) is 1. The summed E-state index contributed by atoms with van der Waals surface area (Å²) in [7, 11) is 0. The summed E-state index contributed by atoms with van der Waals surface area (Å²) >= 11 is 0. The molecule has 0 aliphatic carbocycles. The predicted octanol–water partition coefficient (Wildman–Crippen LogP) is 2.90. The third kappa shape index (κ3) is 2.47. The van der Waals surface area contributed by atoms with Crippen molar-refractivity contribution in [2.24, 2.45) is 0 Å². The van der Waals surface area contributed by atoms with Crippen LogP contribution in [-0.4, -0.2) is 11.5 Å². The van der Waals surface area contributed by atoms with Gasteiger partial charge in [0.1, 0.15) is 0 Å². The second-order valence-corrected chi connectivity index (χ2v) is 4.07. The summed E-state index contributed by atoms with van der Waals surface area (Å²) < 4.78 is 0. The molecule has 2 aromatic rings. The lowest BCUT2D eigenvalue weighted by atomic mass is 10.1. The molecule has 0 spiro atoms. The molecule has 0 saturated heterocycles. The molecule has 0 saturated carbocycles. The van der Waals surface area contributed by atoms with Gasteiger partial charge in [-0.3, -0.25) is 4.98 Å². The number of nitrogens with zero attached hydrogens (tertiary/aromatic N) is 1. The molecule has 0 fully saturated rings. The minimum absolute atomic E-state index is 0.863. The zero-order chi connectivity index (χ0) is 11.4. The topological polar surface area (TPSA) is 24.9 Å². The molecule has 0 bridgehead atoms. The number of pyridine rings is 1. The van der Waals surface area contributed by atoms with Crippen molar-refractivity contribution in [2.45, 2.75) is 13.5 Å². The largest absolute Gasteiger partial charge is 0.309 e. The molecular formula is C14H16N2. The first-order valence-corrected chi connectivity index (χ1v) is 5.44. The third-order valence-electron chi connectivity index (χ3n) is 2.51. The van der Waals surface area contributed by atoms with Crippen molar-refractivity contribution in [3.05, 3.63) is 54.4 Å². The van der Waals surface area contributed by atoms with E-state index in [1.807, 2.05) is 19.3 Å². The molecule has 1 N–H and O–H groups in total. The van der Waals surface area contributed by atoms with Gasteiger partial charge in [0, 0.05) is 30.9 Å². The average molecular weight is 212 g/mol. The van der Waals surface area contributed by atoms with Gasteiger partial charge >= 0.3 is 0 Å². The van der Waals surface area contributed by atoms with Crippen LogP contribution < -0.4 is 5.32 Å². The number of fused-ring (bicyclic) bond motifs is 1. The van der Waals surface area contributed by atoms with Gasteiger partial charge in [0.05, 0.1) is 0 Å². The van der Waals surface area contributed by atoms with Crippen molar-refractivity contribution in [1.29, 1.82) is 0 Å². The first-order valence-electron chi connectivity index (χ1n) is 5.44. The van der Waals surface area contributed by atoms with Gasteiger partial charge in [-0.15, -0.1) is 0 Å². The summed E-state index contributed by atoms with van der Waals surface area (Å²) in [6.07, 6.45) is 3.74. The molecule has 16 heavy (non-hydrogen) atoms. The van der Waals surface area contributed by atoms with Gasteiger partial charge < -0.3 is 5.32 Å². The molecule has 0 unspecified atom stereocenters. The third-order valence-corrected chi connectivity index (χ3v) is 2.51. The Labute approximate surface area is 96.0 Å². The van der Waals surface area contributed by atoms with E-state index in [2.05, 4.69) is 41.1 Å². The van der Waals surface area contributed by atoms with Crippen LogP contribution in [0.5, 0.6) is 0 Å². The Kier molecular flexibility index (Phi) is 3.32. The smallest absolute Gasteiger partial charge is 0.0346 e. The van der Waals surface area contributed by atoms with Crippen LogP contribution in [0, 0.1) is 0 Å². The summed E-state index contributed by atoms with van der Waals surface area (Å²) in [4.78, 5) is 4.13. The van der Waals surface area contributed by atoms with E-state index in [9.17, 15) is 0 Å². The molecule has 1 aromatic carbocycles. The molecule has 2 nitrogen and oxygen atoms in total. The lowest BCUT2D eigenvalue weighted by Gasteiger charge is -2.07. The summed E-state index contributed by atoms with van der Waals surface area (Å²) in [6.45, 7) is 7.64. The SMILES string of the molecule is C=C(C)CNCc1cccc2cnccc12. The van der Waals surface area contributed by atoms with Crippen LogP contribution in [0.25, 0.3) is 10.8 Å². The monoisotopic (exact) mass is 212 g/mol. The van der Waals surface area contributed by atoms with Gasteiger partial charge in [-0.1, -0.05) is 30.4 Å². The Bertz CT molecular complexity index is 498. The highest BCUT2D eigenvalue weighted by Gasteiger charge is 1.99. The van der Waals surface area contributed by atoms with Gasteiger partial charge in [0.25, 0.3) is 0 Å². The minimum Gasteiger partial charge on any atom is -0.309 e. The van der Waals surface area contributed by atoms with Crippen molar-refractivity contribution in [3.8, 4) is 0 Å². The van der Waals surface area contributed by atoms with E-state index >= 15 is 0 Å². The normalized spacial score (nSPS) is 10.6. The van der Waals surface area contributed by atoms with Crippen molar-refractivity contribution < 1.29 is 0 Å². The van der Waals surface area contributed by atoms with Crippen LogP contribution >= 0.6 is 0 Å². The second kappa shape index (κ2) is 4.90. The van der Waals surface area contributed by atoms with Gasteiger partial charge in [0.2, 0.25) is 0 Å². The van der Waals surface area contributed by atoms with Crippen LogP contribution in [0.1, 0.15) is 12.5 Å². The lowest BCUT2D eigenvalue weighted by molar-refractivity contribution is 0.745. The van der Waals surface area contributed by atoms with E-state index in [0.29, 0.717) is 0 Å². The molecule has 0 aliphatic rings. The second-order valence-electron chi connectivity index (χ2n) is 4.07. The Morgan fingerprint density at radius 1 is 1.38 bits per heavy atom. The number of hydrogen-bond acceptors (Lipinski definition) is 2. The molecule has 2 heteroatoms. The van der Waals surface area contributed by atoms with Crippen LogP contribution in [-0.2, 0) is 6.54 Å². The molecule has 1 heterocycles. The highest BCUT2D eigenvalue weighted by molar-refractivity contribution is 5.84. The van der Waals surface area contributed by atoms with Crippen LogP contribution in [0.3, 0.4) is 0 Å². The van der Waals surface area contributed by atoms with Crippen LogP contribution in [0.4, 0.5) is 0 Å². The van der Waals surface area contributed by atoms with Gasteiger partial charge in [-0.05, 0) is 23.9 Å². The fourth-order valence-electron chi connectivity index (χ4n) is 1.75. The molecule has 82 valence electrons. The van der Waals surface area contributed by atoms with Crippen molar-refractivity contribution in [2.75, 3.05) is 6.54 Å². The first-order chi connectivity index (χ1) is 7.77.